The molecule has 10 nitrogen and oxygen atoms in total. The van der Waals surface area contributed by atoms with E-state index in [1.165, 1.54) is 0 Å². The van der Waals surface area contributed by atoms with Gasteiger partial charge >= 0.3 is 12.2 Å². The molecular formula is C37H51F6N3O7. The second-order valence-corrected chi connectivity index (χ2v) is 15.4. The number of hydrogen-bond donors (Lipinski definition) is 4. The van der Waals surface area contributed by atoms with Crippen LogP contribution in [-0.2, 0) is 9.47 Å². The standard InChI is InChI=1S/C16H20F3NO3.C11H12F3NO.C10H19NO3/c1-16(2,3)23-15(21)20-9-4-5-10(6-9)22-11-7-12(17)14(19)13(18)8-11;12-9-4-8(5-10(13)11(9)14)16-7-2-1-6(15)3-7;1-10(2,3)14-9(13)11-7-4-5-8(12)6-7/h7-10H,4-6H2,1-3H3,(H,20,21);4-7H,1-3,15H2;7-8,12H,4-6H2,1-3H3,(H,11,13)/t9-,10-;6-,7-;7-,8+/m111/s1. The Bertz CT molecular complexity index is 1490. The molecule has 0 aromatic heterocycles. The van der Waals surface area contributed by atoms with Crippen LogP contribution in [0.3, 0.4) is 0 Å². The molecule has 3 aliphatic rings. The quantitative estimate of drug-likeness (QED) is 0.173. The Kier molecular flexibility index (Phi) is 15.5. The summed E-state index contributed by atoms with van der Waals surface area (Å²) in [6.07, 6.45) is 4.61. The smallest absolute Gasteiger partial charge is 0.407 e. The predicted octanol–water partition coefficient (Wildman–Crippen LogP) is 7.72. The van der Waals surface area contributed by atoms with Gasteiger partial charge in [-0.3, -0.25) is 0 Å². The van der Waals surface area contributed by atoms with Gasteiger partial charge in [0.1, 0.15) is 34.9 Å². The third kappa shape index (κ3) is 15.5. The molecule has 16 heteroatoms. The molecule has 3 aliphatic carbocycles. The SMILES string of the molecule is CC(C)(C)OC(=O)N[C@@H]1CC[C@@H](Oc2cc(F)c(F)c(F)c2)C1.CC(C)(C)OC(=O)N[C@@H]1CC[C@H](O)C1.N[C@@H]1CC[C@@H](Oc2cc(F)c(F)c(F)c2)C1. The van der Waals surface area contributed by atoms with Crippen LogP contribution in [0.1, 0.15) is 99.3 Å². The first-order valence-corrected chi connectivity index (χ1v) is 17.6. The van der Waals surface area contributed by atoms with Gasteiger partial charge in [-0.15, -0.1) is 0 Å². The number of nitrogens with two attached hydrogens (primary N) is 1. The molecule has 3 fully saturated rings. The fourth-order valence-electron chi connectivity index (χ4n) is 5.88. The number of carbonyl (C=O) groups excluding carboxylic acids is 2. The number of amides is 2. The van der Waals surface area contributed by atoms with Gasteiger partial charge in [0.15, 0.2) is 34.9 Å². The van der Waals surface area contributed by atoms with Gasteiger partial charge in [-0.25, -0.2) is 35.9 Å². The first kappa shape index (κ1) is 43.5. The van der Waals surface area contributed by atoms with Crippen molar-refractivity contribution in [2.24, 2.45) is 5.73 Å². The molecule has 53 heavy (non-hydrogen) atoms. The molecule has 2 amide bonds. The van der Waals surface area contributed by atoms with E-state index in [0.717, 1.165) is 49.9 Å². The molecule has 0 unspecified atom stereocenters. The van der Waals surface area contributed by atoms with Crippen LogP contribution >= 0.6 is 0 Å². The van der Waals surface area contributed by atoms with Gasteiger partial charge < -0.3 is 40.4 Å². The van der Waals surface area contributed by atoms with Crippen molar-refractivity contribution in [2.45, 2.75) is 147 Å². The summed E-state index contributed by atoms with van der Waals surface area (Å²) in [7, 11) is 0. The summed E-state index contributed by atoms with van der Waals surface area (Å²) in [5, 5.41) is 14.7. The van der Waals surface area contributed by atoms with E-state index in [9.17, 15) is 41.0 Å². The number of rotatable bonds is 6. The Morgan fingerprint density at radius 2 is 1.00 bits per heavy atom. The van der Waals surface area contributed by atoms with Gasteiger partial charge in [-0.05, 0) is 92.9 Å². The molecule has 5 N–H and O–H groups in total. The molecule has 6 atom stereocenters. The monoisotopic (exact) mass is 763 g/mol. The summed E-state index contributed by atoms with van der Waals surface area (Å²) in [4.78, 5) is 23.0. The molecule has 0 saturated heterocycles. The molecule has 3 saturated carbocycles. The number of halogens is 6. The topological polar surface area (TPSA) is 141 Å². The van der Waals surface area contributed by atoms with E-state index in [2.05, 4.69) is 10.6 Å². The predicted molar refractivity (Wildman–Crippen MR) is 183 cm³/mol. The number of benzene rings is 2. The van der Waals surface area contributed by atoms with E-state index in [1.807, 2.05) is 20.8 Å². The van der Waals surface area contributed by atoms with Crippen molar-refractivity contribution in [2.75, 3.05) is 0 Å². The molecule has 0 heterocycles. The van der Waals surface area contributed by atoms with Gasteiger partial charge in [-0.2, -0.15) is 0 Å². The molecule has 0 radical (unpaired) electrons. The lowest BCUT2D eigenvalue weighted by molar-refractivity contribution is 0.0490. The highest BCUT2D eigenvalue weighted by Crippen LogP contribution is 2.28. The van der Waals surface area contributed by atoms with Crippen LogP contribution in [0.5, 0.6) is 11.5 Å². The first-order chi connectivity index (χ1) is 24.6. The maximum Gasteiger partial charge on any atom is 0.407 e. The maximum atomic E-state index is 13.2. The zero-order valence-corrected chi connectivity index (χ0v) is 30.9. The summed E-state index contributed by atoms with van der Waals surface area (Å²) in [6, 6.07) is 3.33. The minimum atomic E-state index is -1.52. The highest BCUT2D eigenvalue weighted by atomic mass is 19.2. The Morgan fingerprint density at radius 3 is 1.36 bits per heavy atom. The molecule has 5 rings (SSSR count). The van der Waals surface area contributed by atoms with Crippen molar-refractivity contribution in [1.29, 1.82) is 0 Å². The van der Waals surface area contributed by atoms with Crippen molar-refractivity contribution in [3.05, 3.63) is 59.2 Å². The van der Waals surface area contributed by atoms with E-state index < -0.39 is 58.3 Å². The normalized spacial score (nSPS) is 23.9. The fourth-order valence-corrected chi connectivity index (χ4v) is 5.88. The maximum absolute atomic E-state index is 13.2. The number of nitrogens with one attached hydrogen (secondary N) is 2. The van der Waals surface area contributed by atoms with Crippen molar-refractivity contribution in [3.63, 3.8) is 0 Å². The average Bonchev–Trinajstić information content (AvgIpc) is 3.74. The van der Waals surface area contributed by atoms with E-state index in [-0.39, 0.29) is 47.9 Å². The Balaban J connectivity index is 0.000000223. The van der Waals surface area contributed by atoms with Crippen LogP contribution in [-0.4, -0.2) is 64.9 Å². The second-order valence-electron chi connectivity index (χ2n) is 15.4. The van der Waals surface area contributed by atoms with E-state index in [0.29, 0.717) is 32.1 Å². The third-order valence-electron chi connectivity index (χ3n) is 8.18. The minimum absolute atomic E-state index is 0.00972. The zero-order chi connectivity index (χ0) is 39.7. The largest absolute Gasteiger partial charge is 0.490 e. The Morgan fingerprint density at radius 1 is 0.623 bits per heavy atom. The van der Waals surface area contributed by atoms with E-state index in [4.69, 9.17) is 24.7 Å². The summed E-state index contributed by atoms with van der Waals surface area (Å²) < 4.78 is 98.7. The van der Waals surface area contributed by atoms with Crippen LogP contribution in [0.25, 0.3) is 0 Å². The molecule has 2 aromatic rings. The zero-order valence-electron chi connectivity index (χ0n) is 30.9. The van der Waals surface area contributed by atoms with Gasteiger partial charge in [-0.1, -0.05) is 0 Å². The van der Waals surface area contributed by atoms with Crippen LogP contribution in [0.2, 0.25) is 0 Å². The van der Waals surface area contributed by atoms with Crippen molar-refractivity contribution in [1.82, 2.24) is 10.6 Å². The lowest BCUT2D eigenvalue weighted by Gasteiger charge is -2.21. The lowest BCUT2D eigenvalue weighted by Crippen LogP contribution is -2.38. The summed E-state index contributed by atoms with van der Waals surface area (Å²) >= 11 is 0. The van der Waals surface area contributed by atoms with Gasteiger partial charge in [0.2, 0.25) is 0 Å². The Labute approximate surface area is 306 Å². The molecular weight excluding hydrogens is 712 g/mol. The highest BCUT2D eigenvalue weighted by molar-refractivity contribution is 5.68. The van der Waals surface area contributed by atoms with Crippen LogP contribution in [0, 0.1) is 34.9 Å². The summed E-state index contributed by atoms with van der Waals surface area (Å²) in [5.41, 5.74) is 4.64. The molecule has 298 valence electrons. The van der Waals surface area contributed by atoms with Gasteiger partial charge in [0.05, 0.1) is 6.10 Å². The van der Waals surface area contributed by atoms with Crippen LogP contribution in [0.4, 0.5) is 35.9 Å². The van der Waals surface area contributed by atoms with Crippen LogP contribution < -0.4 is 25.8 Å². The third-order valence-corrected chi connectivity index (χ3v) is 8.18. The van der Waals surface area contributed by atoms with Crippen molar-refractivity contribution in [3.8, 4) is 11.5 Å². The van der Waals surface area contributed by atoms with Crippen LogP contribution in [0.15, 0.2) is 24.3 Å². The number of aliphatic hydroxyl groups is 1. The summed E-state index contributed by atoms with van der Waals surface area (Å²) in [6.45, 7) is 10.8. The average molecular weight is 764 g/mol. The molecule has 0 bridgehead atoms. The highest BCUT2D eigenvalue weighted by Gasteiger charge is 2.30. The second kappa shape index (κ2) is 18.9. The van der Waals surface area contributed by atoms with Gasteiger partial charge in [0.25, 0.3) is 0 Å². The molecule has 0 spiro atoms. The van der Waals surface area contributed by atoms with E-state index in [1.54, 1.807) is 20.8 Å². The van der Waals surface area contributed by atoms with Crippen molar-refractivity contribution < 1.29 is 60.0 Å². The van der Waals surface area contributed by atoms with E-state index >= 15 is 0 Å². The minimum Gasteiger partial charge on any atom is -0.490 e. The summed E-state index contributed by atoms with van der Waals surface area (Å²) in [5.74, 6) is -8.11. The number of ether oxygens (including phenoxy) is 4. The lowest BCUT2D eigenvalue weighted by atomic mass is 10.2. The first-order valence-electron chi connectivity index (χ1n) is 17.6. The number of alkyl carbamates (subject to hydrolysis) is 2. The Hall–Kier alpha value is -3.92. The fraction of sp³-hybridized carbons (Fsp3) is 0.622. The number of hydrogen-bond acceptors (Lipinski definition) is 8. The number of carbonyl (C=O) groups is 2. The molecule has 2 aromatic carbocycles. The van der Waals surface area contributed by atoms with Gasteiger partial charge in [0, 0.05) is 48.8 Å². The van der Waals surface area contributed by atoms with Crippen molar-refractivity contribution >= 4 is 12.2 Å². The molecule has 0 aliphatic heterocycles. The number of aliphatic hydroxyl groups excluding tert-OH is 1.